The Bertz CT molecular complexity index is 372. The molecule has 19 heavy (non-hydrogen) atoms. The molecular formula is C15H22O4. The van der Waals surface area contributed by atoms with Crippen molar-refractivity contribution in [2.45, 2.75) is 39.2 Å². The SMILES string of the molecule is CCCOc1ccc(C(O)CCC(=O)OCC)cc1. The number of rotatable bonds is 8. The lowest BCUT2D eigenvalue weighted by atomic mass is 10.0. The van der Waals surface area contributed by atoms with Crippen LogP contribution in [0.2, 0.25) is 0 Å². The molecule has 0 amide bonds. The fourth-order valence-corrected chi connectivity index (χ4v) is 1.66. The average molecular weight is 266 g/mol. The third-order valence-corrected chi connectivity index (χ3v) is 2.66. The molecule has 1 unspecified atom stereocenters. The molecule has 106 valence electrons. The molecule has 0 heterocycles. The van der Waals surface area contributed by atoms with E-state index in [-0.39, 0.29) is 12.4 Å². The van der Waals surface area contributed by atoms with Crippen LogP contribution in [0.5, 0.6) is 5.75 Å². The minimum atomic E-state index is -0.648. The third kappa shape index (κ3) is 5.75. The first-order chi connectivity index (χ1) is 9.17. The molecule has 1 N–H and O–H groups in total. The maximum absolute atomic E-state index is 11.2. The second kappa shape index (κ2) is 8.53. The summed E-state index contributed by atoms with van der Waals surface area (Å²) >= 11 is 0. The Balaban J connectivity index is 2.43. The Labute approximate surface area is 114 Å². The smallest absolute Gasteiger partial charge is 0.305 e. The summed E-state index contributed by atoms with van der Waals surface area (Å²) in [5, 5.41) is 9.96. The minimum absolute atomic E-state index is 0.225. The highest BCUT2D eigenvalue weighted by Gasteiger charge is 2.11. The molecule has 0 fully saturated rings. The zero-order valence-corrected chi connectivity index (χ0v) is 11.6. The number of hydrogen-bond acceptors (Lipinski definition) is 4. The highest BCUT2D eigenvalue weighted by Crippen LogP contribution is 2.21. The van der Waals surface area contributed by atoms with Crippen molar-refractivity contribution in [3.05, 3.63) is 29.8 Å². The van der Waals surface area contributed by atoms with Crippen LogP contribution in [0.1, 0.15) is 44.8 Å². The molecule has 0 bridgehead atoms. The molecule has 0 radical (unpaired) electrons. The second-order valence-corrected chi connectivity index (χ2v) is 4.28. The fourth-order valence-electron chi connectivity index (χ4n) is 1.66. The highest BCUT2D eigenvalue weighted by molar-refractivity contribution is 5.69. The zero-order valence-electron chi connectivity index (χ0n) is 11.6. The van der Waals surface area contributed by atoms with Crippen LogP contribution in [0.15, 0.2) is 24.3 Å². The Kier molecular flexibility index (Phi) is 6.97. The van der Waals surface area contributed by atoms with Gasteiger partial charge < -0.3 is 14.6 Å². The van der Waals surface area contributed by atoms with E-state index < -0.39 is 6.10 Å². The molecule has 0 saturated heterocycles. The molecule has 0 aliphatic heterocycles. The number of benzene rings is 1. The monoisotopic (exact) mass is 266 g/mol. The summed E-state index contributed by atoms with van der Waals surface area (Å²) in [6, 6.07) is 7.30. The van der Waals surface area contributed by atoms with Crippen molar-refractivity contribution in [1.29, 1.82) is 0 Å². The molecule has 4 nitrogen and oxygen atoms in total. The van der Waals surface area contributed by atoms with Crippen molar-refractivity contribution < 1.29 is 19.4 Å². The molecule has 0 spiro atoms. The van der Waals surface area contributed by atoms with Crippen LogP contribution in [-0.4, -0.2) is 24.3 Å². The van der Waals surface area contributed by atoms with Gasteiger partial charge in [0.2, 0.25) is 0 Å². The van der Waals surface area contributed by atoms with Gasteiger partial charge in [-0.2, -0.15) is 0 Å². The van der Waals surface area contributed by atoms with Crippen molar-refractivity contribution in [1.82, 2.24) is 0 Å². The van der Waals surface area contributed by atoms with Crippen LogP contribution in [0, 0.1) is 0 Å². The van der Waals surface area contributed by atoms with E-state index in [0.29, 0.717) is 19.6 Å². The van der Waals surface area contributed by atoms with Gasteiger partial charge in [-0.1, -0.05) is 19.1 Å². The van der Waals surface area contributed by atoms with E-state index in [4.69, 9.17) is 9.47 Å². The first-order valence-corrected chi connectivity index (χ1v) is 6.73. The zero-order chi connectivity index (χ0) is 14.1. The number of carbonyl (C=O) groups is 1. The van der Waals surface area contributed by atoms with Crippen LogP contribution >= 0.6 is 0 Å². The predicted octanol–water partition coefficient (Wildman–Crippen LogP) is 2.85. The second-order valence-electron chi connectivity index (χ2n) is 4.28. The van der Waals surface area contributed by atoms with Crippen molar-refractivity contribution in [3.8, 4) is 5.75 Å². The first-order valence-electron chi connectivity index (χ1n) is 6.73. The molecule has 0 aliphatic rings. The molecule has 0 aliphatic carbocycles. The molecule has 0 aromatic heterocycles. The summed E-state index contributed by atoms with van der Waals surface area (Å²) in [5.41, 5.74) is 0.785. The summed E-state index contributed by atoms with van der Waals surface area (Å²) in [4.78, 5) is 11.2. The van der Waals surface area contributed by atoms with E-state index in [9.17, 15) is 9.90 Å². The van der Waals surface area contributed by atoms with Gasteiger partial charge in [-0.25, -0.2) is 0 Å². The Hall–Kier alpha value is -1.55. The standard InChI is InChI=1S/C15H22O4/c1-3-11-19-13-7-5-12(6-8-13)14(16)9-10-15(17)18-4-2/h5-8,14,16H,3-4,9-11H2,1-2H3. The van der Waals surface area contributed by atoms with E-state index in [0.717, 1.165) is 17.7 Å². The molecule has 4 heteroatoms. The van der Waals surface area contributed by atoms with Crippen LogP contribution in [0.25, 0.3) is 0 Å². The number of aliphatic hydroxyl groups is 1. The number of carbonyl (C=O) groups excluding carboxylic acids is 1. The largest absolute Gasteiger partial charge is 0.494 e. The van der Waals surface area contributed by atoms with Gasteiger partial charge in [0.15, 0.2) is 0 Å². The van der Waals surface area contributed by atoms with Gasteiger partial charge in [0.1, 0.15) is 5.75 Å². The number of hydrogen-bond donors (Lipinski definition) is 1. The van der Waals surface area contributed by atoms with Crippen molar-refractivity contribution in [3.63, 3.8) is 0 Å². The predicted molar refractivity (Wildman–Crippen MR) is 73.1 cm³/mol. The Morgan fingerprint density at radius 2 is 1.95 bits per heavy atom. The third-order valence-electron chi connectivity index (χ3n) is 2.66. The lowest BCUT2D eigenvalue weighted by molar-refractivity contribution is -0.143. The maximum Gasteiger partial charge on any atom is 0.305 e. The van der Waals surface area contributed by atoms with Crippen LogP contribution in [-0.2, 0) is 9.53 Å². The van der Waals surface area contributed by atoms with E-state index >= 15 is 0 Å². The maximum atomic E-state index is 11.2. The lowest BCUT2D eigenvalue weighted by Crippen LogP contribution is -2.07. The molecule has 1 aromatic carbocycles. The van der Waals surface area contributed by atoms with Crippen molar-refractivity contribution in [2.75, 3.05) is 13.2 Å². The van der Waals surface area contributed by atoms with Crippen LogP contribution < -0.4 is 4.74 Å². The van der Waals surface area contributed by atoms with Gasteiger partial charge in [0.05, 0.1) is 19.3 Å². The van der Waals surface area contributed by atoms with E-state index in [1.54, 1.807) is 6.92 Å². The van der Waals surface area contributed by atoms with E-state index in [2.05, 4.69) is 0 Å². The molecule has 1 rings (SSSR count). The fraction of sp³-hybridized carbons (Fsp3) is 0.533. The lowest BCUT2D eigenvalue weighted by Gasteiger charge is -2.11. The van der Waals surface area contributed by atoms with Gasteiger partial charge in [-0.3, -0.25) is 4.79 Å². The van der Waals surface area contributed by atoms with Crippen molar-refractivity contribution in [2.24, 2.45) is 0 Å². The normalized spacial score (nSPS) is 11.9. The number of aliphatic hydroxyl groups excluding tert-OH is 1. The van der Waals surface area contributed by atoms with Crippen LogP contribution in [0.4, 0.5) is 0 Å². The summed E-state index contributed by atoms with van der Waals surface area (Å²) in [6.07, 6.45) is 0.908. The Morgan fingerprint density at radius 3 is 2.53 bits per heavy atom. The van der Waals surface area contributed by atoms with Gasteiger partial charge >= 0.3 is 5.97 Å². The highest BCUT2D eigenvalue weighted by atomic mass is 16.5. The summed E-state index contributed by atoms with van der Waals surface area (Å²) in [7, 11) is 0. The Morgan fingerprint density at radius 1 is 1.26 bits per heavy atom. The van der Waals surface area contributed by atoms with Gasteiger partial charge in [-0.15, -0.1) is 0 Å². The van der Waals surface area contributed by atoms with Crippen molar-refractivity contribution >= 4 is 5.97 Å². The molecule has 1 atom stereocenters. The van der Waals surface area contributed by atoms with Gasteiger partial charge in [-0.05, 0) is 37.5 Å². The van der Waals surface area contributed by atoms with E-state index in [1.165, 1.54) is 0 Å². The van der Waals surface area contributed by atoms with Gasteiger partial charge in [0, 0.05) is 6.42 Å². The molecule has 0 saturated carbocycles. The summed E-state index contributed by atoms with van der Waals surface area (Å²) in [5.74, 6) is 0.521. The minimum Gasteiger partial charge on any atom is -0.494 e. The summed E-state index contributed by atoms with van der Waals surface area (Å²) in [6.45, 7) is 4.88. The summed E-state index contributed by atoms with van der Waals surface area (Å²) < 4.78 is 10.3. The average Bonchev–Trinajstić information content (AvgIpc) is 2.43. The van der Waals surface area contributed by atoms with Gasteiger partial charge in [0.25, 0.3) is 0 Å². The quantitative estimate of drug-likeness (QED) is 0.735. The topological polar surface area (TPSA) is 55.8 Å². The molecule has 1 aromatic rings. The van der Waals surface area contributed by atoms with Crippen LogP contribution in [0.3, 0.4) is 0 Å². The van der Waals surface area contributed by atoms with E-state index in [1.807, 2.05) is 31.2 Å². The first kappa shape index (κ1) is 15.5. The number of esters is 1. The number of ether oxygens (including phenoxy) is 2. The molecular weight excluding hydrogens is 244 g/mol.